The predicted molar refractivity (Wildman–Crippen MR) is 86.7 cm³/mol. The van der Waals surface area contributed by atoms with Gasteiger partial charge in [0.15, 0.2) is 11.4 Å². The molecule has 4 heterocycles. The maximum Gasteiger partial charge on any atom is 0.270 e. The van der Waals surface area contributed by atoms with Crippen LogP contribution in [0.25, 0.3) is 17.1 Å². The maximum absolute atomic E-state index is 12.4. The number of carbonyl (C=O) groups excluding carboxylic acids is 1. The molecule has 1 N–H and O–H groups in total. The Labute approximate surface area is 138 Å². The monoisotopic (exact) mass is 326 g/mol. The highest BCUT2D eigenvalue weighted by Crippen LogP contribution is 2.20. The van der Waals surface area contributed by atoms with Crippen LogP contribution in [0.4, 0.5) is 0 Å². The molecule has 1 fully saturated rings. The topological polar surface area (TPSA) is 81.7 Å². The summed E-state index contributed by atoms with van der Waals surface area (Å²) in [6.07, 6.45) is 3.75. The third kappa shape index (κ3) is 2.78. The van der Waals surface area contributed by atoms with E-state index in [1.807, 2.05) is 25.1 Å². The molecule has 0 aromatic carbocycles. The quantitative estimate of drug-likeness (QED) is 0.795. The van der Waals surface area contributed by atoms with E-state index in [9.17, 15) is 4.79 Å². The van der Waals surface area contributed by atoms with E-state index in [0.29, 0.717) is 29.3 Å². The second kappa shape index (κ2) is 6.09. The van der Waals surface area contributed by atoms with Gasteiger partial charge in [0.25, 0.3) is 5.91 Å². The lowest BCUT2D eigenvalue weighted by molar-refractivity contribution is 0.0853. The first kappa shape index (κ1) is 14.9. The van der Waals surface area contributed by atoms with Gasteiger partial charge in [-0.1, -0.05) is 0 Å². The van der Waals surface area contributed by atoms with Crippen LogP contribution in [0.3, 0.4) is 0 Å². The van der Waals surface area contributed by atoms with E-state index in [1.165, 1.54) is 0 Å². The Morgan fingerprint density at radius 1 is 1.46 bits per heavy atom. The first-order chi connectivity index (χ1) is 11.7. The van der Waals surface area contributed by atoms with Crippen molar-refractivity contribution in [2.75, 3.05) is 13.2 Å². The van der Waals surface area contributed by atoms with Crippen molar-refractivity contribution in [3.05, 3.63) is 41.9 Å². The maximum atomic E-state index is 12.4. The van der Waals surface area contributed by atoms with Crippen LogP contribution >= 0.6 is 0 Å². The minimum Gasteiger partial charge on any atom is -0.463 e. The molecule has 1 saturated heterocycles. The zero-order valence-corrected chi connectivity index (χ0v) is 13.4. The number of hydrogen-bond acceptors (Lipinski definition) is 5. The van der Waals surface area contributed by atoms with Gasteiger partial charge in [-0.3, -0.25) is 4.79 Å². The summed E-state index contributed by atoms with van der Waals surface area (Å²) in [5.41, 5.74) is 2.51. The van der Waals surface area contributed by atoms with Gasteiger partial charge in [0.2, 0.25) is 0 Å². The summed E-state index contributed by atoms with van der Waals surface area (Å²) in [4.78, 5) is 16.8. The molecule has 0 bridgehead atoms. The number of amides is 1. The third-order valence-electron chi connectivity index (χ3n) is 4.13. The molecule has 1 atom stereocenters. The second-order valence-corrected chi connectivity index (χ2v) is 5.90. The van der Waals surface area contributed by atoms with Gasteiger partial charge in [-0.05, 0) is 38.0 Å². The molecule has 1 unspecified atom stereocenters. The minimum absolute atomic E-state index is 0.110. The van der Waals surface area contributed by atoms with Crippen LogP contribution in [-0.4, -0.2) is 39.8 Å². The molecule has 3 aromatic rings. The summed E-state index contributed by atoms with van der Waals surface area (Å²) in [5, 5.41) is 7.37. The van der Waals surface area contributed by atoms with E-state index in [-0.39, 0.29) is 12.0 Å². The summed E-state index contributed by atoms with van der Waals surface area (Å²) in [6, 6.07) is 7.19. The molecule has 0 radical (unpaired) electrons. The molecule has 3 aromatic heterocycles. The standard InChI is InChI=1S/C17H18N4O3/c1-11-8-14(17(22)18-10-12-4-2-6-23-12)19-16-9-13(20-21(11)16)15-5-3-7-24-15/h3,5,7-9,12H,2,4,6,10H2,1H3,(H,18,22). The van der Waals surface area contributed by atoms with Crippen LogP contribution in [0.15, 0.2) is 34.9 Å². The largest absolute Gasteiger partial charge is 0.463 e. The zero-order chi connectivity index (χ0) is 16.5. The molecule has 0 spiro atoms. The SMILES string of the molecule is Cc1cc(C(=O)NCC2CCCO2)nc2cc(-c3ccco3)nn12. The van der Waals surface area contributed by atoms with Crippen molar-refractivity contribution in [3.63, 3.8) is 0 Å². The van der Waals surface area contributed by atoms with Crippen LogP contribution in [0, 0.1) is 6.92 Å². The highest BCUT2D eigenvalue weighted by atomic mass is 16.5. The fourth-order valence-corrected chi connectivity index (χ4v) is 2.89. The smallest absolute Gasteiger partial charge is 0.270 e. The number of carbonyl (C=O) groups is 1. The van der Waals surface area contributed by atoms with Gasteiger partial charge in [-0.15, -0.1) is 0 Å². The molecule has 124 valence electrons. The number of aryl methyl sites for hydroxylation is 1. The van der Waals surface area contributed by atoms with Gasteiger partial charge in [0, 0.05) is 24.9 Å². The molecular weight excluding hydrogens is 308 g/mol. The Hall–Kier alpha value is -2.67. The lowest BCUT2D eigenvalue weighted by Crippen LogP contribution is -2.32. The van der Waals surface area contributed by atoms with Gasteiger partial charge >= 0.3 is 0 Å². The molecular formula is C17H18N4O3. The number of aromatic nitrogens is 3. The van der Waals surface area contributed by atoms with Crippen molar-refractivity contribution >= 4 is 11.6 Å². The third-order valence-corrected chi connectivity index (χ3v) is 4.13. The van der Waals surface area contributed by atoms with Crippen LogP contribution in [0.1, 0.15) is 29.0 Å². The van der Waals surface area contributed by atoms with Crippen molar-refractivity contribution in [2.45, 2.75) is 25.9 Å². The normalized spacial score (nSPS) is 17.5. The van der Waals surface area contributed by atoms with Crippen LogP contribution in [-0.2, 0) is 4.74 Å². The molecule has 0 aliphatic carbocycles. The van der Waals surface area contributed by atoms with Gasteiger partial charge in [-0.2, -0.15) is 5.10 Å². The molecule has 7 heteroatoms. The van der Waals surface area contributed by atoms with Gasteiger partial charge in [-0.25, -0.2) is 9.50 Å². The second-order valence-electron chi connectivity index (χ2n) is 5.90. The summed E-state index contributed by atoms with van der Waals surface area (Å²) in [5.74, 6) is 0.473. The van der Waals surface area contributed by atoms with E-state index >= 15 is 0 Å². The summed E-state index contributed by atoms with van der Waals surface area (Å²) in [7, 11) is 0. The molecule has 1 aliphatic heterocycles. The first-order valence-corrected chi connectivity index (χ1v) is 8.02. The average Bonchev–Trinajstić information content (AvgIpc) is 3.31. The summed E-state index contributed by atoms with van der Waals surface area (Å²) in [6.45, 7) is 3.18. The molecule has 24 heavy (non-hydrogen) atoms. The number of ether oxygens (including phenoxy) is 1. The van der Waals surface area contributed by atoms with E-state index in [1.54, 1.807) is 16.8 Å². The Kier molecular flexibility index (Phi) is 3.78. The number of rotatable bonds is 4. The Bertz CT molecular complexity index is 863. The van der Waals surface area contributed by atoms with Gasteiger partial charge < -0.3 is 14.5 Å². The van der Waals surface area contributed by atoms with Crippen LogP contribution < -0.4 is 5.32 Å². The molecule has 1 amide bonds. The number of nitrogens with zero attached hydrogens (tertiary/aromatic N) is 3. The number of fused-ring (bicyclic) bond motifs is 1. The van der Waals surface area contributed by atoms with Gasteiger partial charge in [0.1, 0.15) is 11.4 Å². The highest BCUT2D eigenvalue weighted by Gasteiger charge is 2.18. The number of nitrogens with one attached hydrogen (secondary N) is 1. The predicted octanol–water partition coefficient (Wildman–Crippen LogP) is 2.21. The molecule has 7 nitrogen and oxygen atoms in total. The van der Waals surface area contributed by atoms with Crippen molar-refractivity contribution < 1.29 is 13.9 Å². The molecule has 4 rings (SSSR count). The Morgan fingerprint density at radius 3 is 3.12 bits per heavy atom. The lowest BCUT2D eigenvalue weighted by atomic mass is 10.2. The average molecular weight is 326 g/mol. The minimum atomic E-state index is -0.197. The molecule has 0 saturated carbocycles. The fourth-order valence-electron chi connectivity index (χ4n) is 2.89. The van der Waals surface area contributed by atoms with E-state index in [2.05, 4.69) is 15.4 Å². The Morgan fingerprint density at radius 2 is 2.38 bits per heavy atom. The molecule has 1 aliphatic rings. The first-order valence-electron chi connectivity index (χ1n) is 8.02. The van der Waals surface area contributed by atoms with Crippen LogP contribution in [0.2, 0.25) is 0 Å². The highest BCUT2D eigenvalue weighted by molar-refractivity contribution is 5.92. The van der Waals surface area contributed by atoms with Crippen molar-refractivity contribution in [1.29, 1.82) is 0 Å². The van der Waals surface area contributed by atoms with E-state index in [0.717, 1.165) is 25.1 Å². The van der Waals surface area contributed by atoms with Crippen molar-refractivity contribution in [2.24, 2.45) is 0 Å². The zero-order valence-electron chi connectivity index (χ0n) is 13.4. The number of hydrogen-bond donors (Lipinski definition) is 1. The number of furan rings is 1. The fraction of sp³-hybridized carbons (Fsp3) is 0.353. The van der Waals surface area contributed by atoms with Gasteiger partial charge in [0.05, 0.1) is 12.4 Å². The van der Waals surface area contributed by atoms with Crippen molar-refractivity contribution in [1.82, 2.24) is 19.9 Å². The van der Waals surface area contributed by atoms with E-state index in [4.69, 9.17) is 9.15 Å². The van der Waals surface area contributed by atoms with Crippen molar-refractivity contribution in [3.8, 4) is 11.5 Å². The lowest BCUT2D eigenvalue weighted by Gasteiger charge is -2.10. The summed E-state index contributed by atoms with van der Waals surface area (Å²) >= 11 is 0. The van der Waals surface area contributed by atoms with Crippen LogP contribution in [0.5, 0.6) is 0 Å². The Balaban J connectivity index is 1.58. The van der Waals surface area contributed by atoms with E-state index < -0.39 is 0 Å². The summed E-state index contributed by atoms with van der Waals surface area (Å²) < 4.78 is 12.6.